The maximum atomic E-state index is 5.86. The summed E-state index contributed by atoms with van der Waals surface area (Å²) >= 11 is 5.83. The molecular formula is C12H12ClNO. The highest BCUT2D eigenvalue weighted by molar-refractivity contribution is 6.31. The molecule has 2 rings (SSSR count). The van der Waals surface area contributed by atoms with Gasteiger partial charge in [0.2, 0.25) is 0 Å². The van der Waals surface area contributed by atoms with Gasteiger partial charge in [0.05, 0.1) is 0 Å². The van der Waals surface area contributed by atoms with Crippen LogP contribution < -0.4 is 5.73 Å². The zero-order valence-electron chi connectivity index (χ0n) is 8.46. The second-order valence-corrected chi connectivity index (χ2v) is 3.79. The van der Waals surface area contributed by atoms with Crippen molar-refractivity contribution < 1.29 is 4.42 Å². The number of aryl methyl sites for hydroxylation is 1. The molecule has 2 N–H and O–H groups in total. The van der Waals surface area contributed by atoms with Gasteiger partial charge in [-0.1, -0.05) is 18.5 Å². The molecule has 78 valence electrons. The molecule has 0 saturated heterocycles. The lowest BCUT2D eigenvalue weighted by Gasteiger charge is -2.02. The Hall–Kier alpha value is -1.41. The van der Waals surface area contributed by atoms with E-state index in [0.29, 0.717) is 10.7 Å². The van der Waals surface area contributed by atoms with E-state index in [0.717, 1.165) is 23.5 Å². The van der Waals surface area contributed by atoms with E-state index in [-0.39, 0.29) is 0 Å². The van der Waals surface area contributed by atoms with Crippen molar-refractivity contribution in [1.82, 2.24) is 0 Å². The maximum absolute atomic E-state index is 5.86. The van der Waals surface area contributed by atoms with Crippen molar-refractivity contribution in [3.63, 3.8) is 0 Å². The van der Waals surface area contributed by atoms with Crippen molar-refractivity contribution in [1.29, 1.82) is 0 Å². The van der Waals surface area contributed by atoms with Gasteiger partial charge in [0, 0.05) is 22.7 Å². The van der Waals surface area contributed by atoms with Crippen molar-refractivity contribution in [2.24, 2.45) is 0 Å². The summed E-state index contributed by atoms with van der Waals surface area (Å²) in [7, 11) is 0. The van der Waals surface area contributed by atoms with E-state index >= 15 is 0 Å². The normalized spacial score (nSPS) is 10.5. The standard InChI is InChI=1S/C12H12ClNO/c1-2-9-4-6-12(15-9)10-5-3-8(13)7-11(10)14/h3-7H,2,14H2,1H3. The molecule has 0 radical (unpaired) electrons. The molecular weight excluding hydrogens is 210 g/mol. The number of furan rings is 1. The lowest BCUT2D eigenvalue weighted by atomic mass is 10.1. The van der Waals surface area contributed by atoms with Gasteiger partial charge in [0.1, 0.15) is 11.5 Å². The number of nitrogens with two attached hydrogens (primary N) is 1. The number of nitrogen functional groups attached to an aromatic ring is 1. The fraction of sp³-hybridized carbons (Fsp3) is 0.167. The van der Waals surface area contributed by atoms with Crippen molar-refractivity contribution in [3.8, 4) is 11.3 Å². The SMILES string of the molecule is CCc1ccc(-c2ccc(Cl)cc2N)o1. The van der Waals surface area contributed by atoms with Crippen LogP contribution in [-0.4, -0.2) is 0 Å². The van der Waals surface area contributed by atoms with Gasteiger partial charge in [0.15, 0.2) is 0 Å². The van der Waals surface area contributed by atoms with Gasteiger partial charge in [-0.15, -0.1) is 0 Å². The van der Waals surface area contributed by atoms with E-state index in [2.05, 4.69) is 0 Å². The monoisotopic (exact) mass is 221 g/mol. The van der Waals surface area contributed by atoms with Crippen molar-refractivity contribution >= 4 is 17.3 Å². The number of hydrogen-bond acceptors (Lipinski definition) is 2. The molecule has 2 nitrogen and oxygen atoms in total. The van der Waals surface area contributed by atoms with Crippen LogP contribution in [0.1, 0.15) is 12.7 Å². The molecule has 0 saturated carbocycles. The quantitative estimate of drug-likeness (QED) is 0.785. The number of rotatable bonds is 2. The van der Waals surface area contributed by atoms with Crippen LogP contribution in [0.2, 0.25) is 5.02 Å². The summed E-state index contributed by atoms with van der Waals surface area (Å²) in [5, 5.41) is 0.638. The molecule has 1 heterocycles. The van der Waals surface area contributed by atoms with Crippen LogP contribution in [0, 0.1) is 0 Å². The fourth-order valence-electron chi connectivity index (χ4n) is 1.47. The first-order valence-corrected chi connectivity index (χ1v) is 5.22. The molecule has 0 amide bonds. The maximum Gasteiger partial charge on any atom is 0.136 e. The van der Waals surface area contributed by atoms with Gasteiger partial charge in [-0.25, -0.2) is 0 Å². The summed E-state index contributed by atoms with van der Waals surface area (Å²) < 4.78 is 5.62. The molecule has 0 fully saturated rings. The Balaban J connectivity index is 2.44. The second-order valence-electron chi connectivity index (χ2n) is 3.35. The van der Waals surface area contributed by atoms with E-state index in [1.54, 1.807) is 12.1 Å². The molecule has 0 unspecified atom stereocenters. The Morgan fingerprint density at radius 1 is 1.27 bits per heavy atom. The van der Waals surface area contributed by atoms with E-state index in [4.69, 9.17) is 21.8 Å². The third kappa shape index (κ3) is 2.00. The summed E-state index contributed by atoms with van der Waals surface area (Å²) in [5.74, 6) is 1.75. The van der Waals surface area contributed by atoms with Crippen LogP contribution in [0.5, 0.6) is 0 Å². The highest BCUT2D eigenvalue weighted by Crippen LogP contribution is 2.29. The van der Waals surface area contributed by atoms with Gasteiger partial charge in [-0.2, -0.15) is 0 Å². The Bertz CT molecular complexity index is 476. The molecule has 0 bridgehead atoms. The molecule has 0 aliphatic heterocycles. The van der Waals surface area contributed by atoms with Crippen LogP contribution >= 0.6 is 11.6 Å². The average Bonchev–Trinajstić information content (AvgIpc) is 2.66. The first kappa shape index (κ1) is 10.1. The summed E-state index contributed by atoms with van der Waals surface area (Å²) in [5.41, 5.74) is 7.39. The predicted molar refractivity (Wildman–Crippen MR) is 62.9 cm³/mol. The molecule has 1 aromatic carbocycles. The van der Waals surface area contributed by atoms with E-state index in [9.17, 15) is 0 Å². The zero-order valence-corrected chi connectivity index (χ0v) is 9.21. The van der Waals surface area contributed by atoms with Crippen LogP contribution in [0.4, 0.5) is 5.69 Å². The third-order valence-electron chi connectivity index (χ3n) is 2.29. The minimum atomic E-state index is 0.638. The highest BCUT2D eigenvalue weighted by atomic mass is 35.5. The summed E-state index contributed by atoms with van der Waals surface area (Å²) in [6.45, 7) is 2.05. The molecule has 2 aromatic rings. The minimum absolute atomic E-state index is 0.638. The summed E-state index contributed by atoms with van der Waals surface area (Å²) in [4.78, 5) is 0. The molecule has 3 heteroatoms. The van der Waals surface area contributed by atoms with Crippen LogP contribution in [0.25, 0.3) is 11.3 Å². The van der Waals surface area contributed by atoms with Crippen LogP contribution in [-0.2, 0) is 6.42 Å². The van der Waals surface area contributed by atoms with E-state index in [1.807, 2.05) is 25.1 Å². The zero-order chi connectivity index (χ0) is 10.8. The minimum Gasteiger partial charge on any atom is -0.461 e. The van der Waals surface area contributed by atoms with Crippen molar-refractivity contribution in [3.05, 3.63) is 41.1 Å². The van der Waals surface area contributed by atoms with Gasteiger partial charge in [0.25, 0.3) is 0 Å². The van der Waals surface area contributed by atoms with Gasteiger partial charge in [-0.05, 0) is 30.3 Å². The molecule has 15 heavy (non-hydrogen) atoms. The first-order chi connectivity index (χ1) is 7.20. The van der Waals surface area contributed by atoms with Gasteiger partial charge < -0.3 is 10.2 Å². The Morgan fingerprint density at radius 2 is 2.07 bits per heavy atom. The van der Waals surface area contributed by atoms with E-state index in [1.165, 1.54) is 0 Å². The van der Waals surface area contributed by atoms with Crippen molar-refractivity contribution in [2.45, 2.75) is 13.3 Å². The lowest BCUT2D eigenvalue weighted by Crippen LogP contribution is -1.88. The summed E-state index contributed by atoms with van der Waals surface area (Å²) in [6, 6.07) is 9.30. The largest absolute Gasteiger partial charge is 0.461 e. The Labute approximate surface area is 93.7 Å². The summed E-state index contributed by atoms with van der Waals surface area (Å²) in [6.07, 6.45) is 0.882. The molecule has 0 aliphatic carbocycles. The first-order valence-electron chi connectivity index (χ1n) is 4.85. The lowest BCUT2D eigenvalue weighted by molar-refractivity contribution is 0.529. The fourth-order valence-corrected chi connectivity index (χ4v) is 1.65. The Kier molecular flexibility index (Phi) is 2.69. The smallest absolute Gasteiger partial charge is 0.136 e. The number of halogens is 1. The second kappa shape index (κ2) is 3.99. The van der Waals surface area contributed by atoms with Gasteiger partial charge >= 0.3 is 0 Å². The molecule has 0 aliphatic rings. The van der Waals surface area contributed by atoms with E-state index < -0.39 is 0 Å². The number of benzene rings is 1. The number of anilines is 1. The van der Waals surface area contributed by atoms with Crippen LogP contribution in [0.15, 0.2) is 34.7 Å². The molecule has 1 aromatic heterocycles. The van der Waals surface area contributed by atoms with Crippen molar-refractivity contribution in [2.75, 3.05) is 5.73 Å². The predicted octanol–water partition coefficient (Wildman–Crippen LogP) is 3.74. The molecule has 0 atom stereocenters. The number of hydrogen-bond donors (Lipinski definition) is 1. The third-order valence-corrected chi connectivity index (χ3v) is 2.52. The topological polar surface area (TPSA) is 39.2 Å². The highest BCUT2D eigenvalue weighted by Gasteiger charge is 2.07. The Morgan fingerprint density at radius 3 is 2.67 bits per heavy atom. The molecule has 0 spiro atoms. The van der Waals surface area contributed by atoms with Crippen LogP contribution in [0.3, 0.4) is 0 Å². The van der Waals surface area contributed by atoms with Gasteiger partial charge in [-0.3, -0.25) is 0 Å². The average molecular weight is 222 g/mol.